The van der Waals surface area contributed by atoms with Crippen LogP contribution in [0.25, 0.3) is 0 Å². The molecule has 2 aromatic carbocycles. The highest BCUT2D eigenvalue weighted by Crippen LogP contribution is 2.31. The summed E-state index contributed by atoms with van der Waals surface area (Å²) in [7, 11) is 0. The van der Waals surface area contributed by atoms with Crippen LogP contribution in [0.4, 0.5) is 0 Å². The van der Waals surface area contributed by atoms with E-state index in [1.807, 2.05) is 42.5 Å². The molecule has 1 unspecified atom stereocenters. The quantitative estimate of drug-likeness (QED) is 0.496. The number of nitrogens with zero attached hydrogens (tertiary/aromatic N) is 1. The number of rotatable bonds is 5. The summed E-state index contributed by atoms with van der Waals surface area (Å²) in [6, 6.07) is 15.4. The van der Waals surface area contributed by atoms with Crippen molar-refractivity contribution in [2.75, 3.05) is 19.8 Å². The first-order valence-electron chi connectivity index (χ1n) is 7.89. The van der Waals surface area contributed by atoms with Crippen LogP contribution in [0.15, 0.2) is 53.5 Å². The Morgan fingerprint density at radius 1 is 1.25 bits per heavy atom. The highest BCUT2D eigenvalue weighted by atomic mass is 35.5. The SMILES string of the molecule is NC(=NCCOc1ccccc1Cl)NC1CCOc2ccccc21. The molecular weight excluding hydrogens is 326 g/mol. The van der Waals surface area contributed by atoms with E-state index < -0.39 is 0 Å². The molecule has 2 aromatic rings. The summed E-state index contributed by atoms with van der Waals surface area (Å²) in [4.78, 5) is 4.31. The van der Waals surface area contributed by atoms with E-state index in [4.69, 9.17) is 26.8 Å². The lowest BCUT2D eigenvalue weighted by atomic mass is 10.0. The second-order valence-corrected chi connectivity index (χ2v) is 5.82. The molecule has 0 fully saturated rings. The standard InChI is InChI=1S/C18H20ClN3O2/c19-14-6-2-4-8-17(14)24-12-10-21-18(20)22-15-9-11-23-16-7-3-1-5-13(15)16/h1-8,15H,9-12H2,(H3,20,21,22). The van der Waals surface area contributed by atoms with Gasteiger partial charge in [0, 0.05) is 12.0 Å². The highest BCUT2D eigenvalue weighted by molar-refractivity contribution is 6.32. The van der Waals surface area contributed by atoms with Crippen molar-refractivity contribution in [1.29, 1.82) is 0 Å². The first-order valence-corrected chi connectivity index (χ1v) is 8.27. The minimum Gasteiger partial charge on any atom is -0.493 e. The van der Waals surface area contributed by atoms with Crippen molar-refractivity contribution in [2.45, 2.75) is 12.5 Å². The van der Waals surface area contributed by atoms with Gasteiger partial charge in [0.1, 0.15) is 18.1 Å². The zero-order valence-corrected chi connectivity index (χ0v) is 14.0. The molecular formula is C18H20ClN3O2. The number of halogens is 1. The molecule has 1 atom stereocenters. The van der Waals surface area contributed by atoms with Gasteiger partial charge in [0.15, 0.2) is 5.96 Å². The number of benzene rings is 2. The summed E-state index contributed by atoms with van der Waals surface area (Å²) >= 11 is 6.03. The fraction of sp³-hybridized carbons (Fsp3) is 0.278. The van der Waals surface area contributed by atoms with Gasteiger partial charge in [-0.25, -0.2) is 4.99 Å². The number of nitrogens with two attached hydrogens (primary N) is 1. The van der Waals surface area contributed by atoms with E-state index in [0.717, 1.165) is 17.7 Å². The van der Waals surface area contributed by atoms with Gasteiger partial charge in [-0.1, -0.05) is 41.9 Å². The highest BCUT2D eigenvalue weighted by Gasteiger charge is 2.21. The Bertz CT molecular complexity index is 721. The molecule has 0 radical (unpaired) electrons. The Hall–Kier alpha value is -2.40. The predicted molar refractivity (Wildman–Crippen MR) is 95.9 cm³/mol. The summed E-state index contributed by atoms with van der Waals surface area (Å²) < 4.78 is 11.2. The topological polar surface area (TPSA) is 68.9 Å². The molecule has 0 saturated carbocycles. The average molecular weight is 346 g/mol. The second kappa shape index (κ2) is 7.93. The van der Waals surface area contributed by atoms with Crippen LogP contribution in [-0.2, 0) is 0 Å². The Balaban J connectivity index is 1.51. The molecule has 1 aliphatic rings. The molecule has 1 heterocycles. The van der Waals surface area contributed by atoms with Crippen molar-refractivity contribution in [3.63, 3.8) is 0 Å². The zero-order chi connectivity index (χ0) is 16.8. The van der Waals surface area contributed by atoms with Gasteiger partial charge in [0.25, 0.3) is 0 Å². The van der Waals surface area contributed by atoms with Crippen LogP contribution >= 0.6 is 11.6 Å². The van der Waals surface area contributed by atoms with Gasteiger partial charge in [-0.3, -0.25) is 0 Å². The first kappa shape index (κ1) is 16.5. The minimum absolute atomic E-state index is 0.114. The molecule has 126 valence electrons. The van der Waals surface area contributed by atoms with Crippen molar-refractivity contribution in [2.24, 2.45) is 10.7 Å². The number of guanidine groups is 1. The van der Waals surface area contributed by atoms with Gasteiger partial charge in [-0.2, -0.15) is 0 Å². The van der Waals surface area contributed by atoms with E-state index in [1.54, 1.807) is 6.07 Å². The maximum atomic E-state index is 6.03. The maximum absolute atomic E-state index is 6.03. The number of nitrogens with one attached hydrogen (secondary N) is 1. The third kappa shape index (κ3) is 4.11. The van der Waals surface area contributed by atoms with E-state index >= 15 is 0 Å². The third-order valence-corrected chi connectivity index (χ3v) is 4.06. The number of aliphatic imine (C=N–C) groups is 1. The van der Waals surface area contributed by atoms with Crippen LogP contribution in [0.3, 0.4) is 0 Å². The van der Waals surface area contributed by atoms with Crippen molar-refractivity contribution in [3.8, 4) is 11.5 Å². The van der Waals surface area contributed by atoms with Gasteiger partial charge in [0.05, 0.1) is 24.2 Å². The maximum Gasteiger partial charge on any atom is 0.189 e. The smallest absolute Gasteiger partial charge is 0.189 e. The molecule has 5 nitrogen and oxygen atoms in total. The summed E-state index contributed by atoms with van der Waals surface area (Å²) in [5, 5.41) is 3.84. The molecule has 0 amide bonds. The van der Waals surface area contributed by atoms with Crippen molar-refractivity contribution >= 4 is 17.6 Å². The molecule has 24 heavy (non-hydrogen) atoms. The van der Waals surface area contributed by atoms with Crippen LogP contribution in [0, 0.1) is 0 Å². The molecule has 0 saturated heterocycles. The number of hydrogen-bond acceptors (Lipinski definition) is 3. The molecule has 0 bridgehead atoms. The predicted octanol–water partition coefficient (Wildman–Crippen LogP) is 3.15. The Kier molecular flexibility index (Phi) is 5.43. The van der Waals surface area contributed by atoms with Gasteiger partial charge in [0.2, 0.25) is 0 Å². The third-order valence-electron chi connectivity index (χ3n) is 3.75. The van der Waals surface area contributed by atoms with E-state index in [2.05, 4.69) is 10.3 Å². The van der Waals surface area contributed by atoms with Crippen LogP contribution in [0.5, 0.6) is 11.5 Å². The second-order valence-electron chi connectivity index (χ2n) is 5.42. The molecule has 6 heteroatoms. The molecule has 0 aliphatic carbocycles. The van der Waals surface area contributed by atoms with Crippen molar-refractivity contribution in [1.82, 2.24) is 5.32 Å². The number of hydrogen-bond donors (Lipinski definition) is 2. The molecule has 3 N–H and O–H groups in total. The molecule has 3 rings (SSSR count). The van der Waals surface area contributed by atoms with E-state index in [-0.39, 0.29) is 6.04 Å². The number of fused-ring (bicyclic) bond motifs is 1. The van der Waals surface area contributed by atoms with Crippen LogP contribution in [-0.4, -0.2) is 25.7 Å². The van der Waals surface area contributed by atoms with Crippen molar-refractivity contribution in [3.05, 3.63) is 59.1 Å². The molecule has 0 spiro atoms. The van der Waals surface area contributed by atoms with Crippen LogP contribution < -0.4 is 20.5 Å². The zero-order valence-electron chi connectivity index (χ0n) is 13.2. The normalized spacial score (nSPS) is 16.9. The fourth-order valence-electron chi connectivity index (χ4n) is 2.60. The summed E-state index contributed by atoms with van der Waals surface area (Å²) in [5.41, 5.74) is 7.09. The lowest BCUT2D eigenvalue weighted by Gasteiger charge is -2.26. The van der Waals surface area contributed by atoms with Crippen LogP contribution in [0.1, 0.15) is 18.0 Å². The Labute approximate surface area is 146 Å². The van der Waals surface area contributed by atoms with E-state index in [0.29, 0.717) is 36.5 Å². The number of para-hydroxylation sites is 2. The van der Waals surface area contributed by atoms with Crippen LogP contribution in [0.2, 0.25) is 5.02 Å². The Morgan fingerprint density at radius 2 is 2.04 bits per heavy atom. The molecule has 0 aromatic heterocycles. The summed E-state index contributed by atoms with van der Waals surface area (Å²) in [6.45, 7) is 1.53. The van der Waals surface area contributed by atoms with Gasteiger partial charge in [-0.05, 0) is 18.2 Å². The van der Waals surface area contributed by atoms with E-state index in [1.165, 1.54) is 0 Å². The van der Waals surface area contributed by atoms with E-state index in [9.17, 15) is 0 Å². The Morgan fingerprint density at radius 3 is 2.92 bits per heavy atom. The fourth-order valence-corrected chi connectivity index (χ4v) is 2.79. The van der Waals surface area contributed by atoms with Gasteiger partial charge in [-0.15, -0.1) is 0 Å². The molecule has 1 aliphatic heterocycles. The van der Waals surface area contributed by atoms with Gasteiger partial charge < -0.3 is 20.5 Å². The lowest BCUT2D eigenvalue weighted by molar-refractivity contribution is 0.262. The monoisotopic (exact) mass is 345 g/mol. The largest absolute Gasteiger partial charge is 0.493 e. The average Bonchev–Trinajstić information content (AvgIpc) is 2.60. The van der Waals surface area contributed by atoms with Crippen molar-refractivity contribution < 1.29 is 9.47 Å². The number of ether oxygens (including phenoxy) is 2. The lowest BCUT2D eigenvalue weighted by Crippen LogP contribution is -2.37. The van der Waals surface area contributed by atoms with Gasteiger partial charge >= 0.3 is 0 Å². The summed E-state index contributed by atoms with van der Waals surface area (Å²) in [6.07, 6.45) is 0.851. The minimum atomic E-state index is 0.114. The summed E-state index contributed by atoms with van der Waals surface area (Å²) in [5.74, 6) is 1.95. The first-order chi connectivity index (χ1) is 11.7.